The highest BCUT2D eigenvalue weighted by molar-refractivity contribution is 5.96. The Balaban J connectivity index is 1.64. The molecule has 1 aromatic carbocycles. The molecule has 3 rings (SSSR count). The fourth-order valence-electron chi connectivity index (χ4n) is 3.12. The monoisotopic (exact) mass is 348 g/mol. The Morgan fingerprint density at radius 1 is 1.32 bits per heavy atom. The predicted octanol–water partition coefficient (Wildman–Crippen LogP) is 2.28. The van der Waals surface area contributed by atoms with E-state index in [4.69, 9.17) is 4.42 Å². The number of piperazine rings is 1. The maximum atomic E-state index is 13.3. The fraction of sp³-hybridized carbons (Fsp3) is 0.444. The summed E-state index contributed by atoms with van der Waals surface area (Å²) in [6.45, 7) is 4.41. The van der Waals surface area contributed by atoms with Crippen molar-refractivity contribution < 1.29 is 23.1 Å². The van der Waals surface area contributed by atoms with Gasteiger partial charge in [-0.1, -0.05) is 0 Å². The van der Waals surface area contributed by atoms with E-state index in [-0.39, 0.29) is 29.5 Å². The zero-order valence-corrected chi connectivity index (χ0v) is 14.3. The molecule has 2 aromatic rings. The standard InChI is InChI=1S/C18H21FN2O4/c1-12-11-21(8-7-20(12)6-5-17(22)24-2)18(23)16-10-13-9-14(19)3-4-15(13)25-16/h3-4,9-10,12H,5-8,11H2,1-2H3. The van der Waals surface area contributed by atoms with Crippen molar-refractivity contribution in [2.24, 2.45) is 0 Å². The highest BCUT2D eigenvalue weighted by Gasteiger charge is 2.29. The zero-order chi connectivity index (χ0) is 18.0. The van der Waals surface area contributed by atoms with E-state index < -0.39 is 0 Å². The van der Waals surface area contributed by atoms with Gasteiger partial charge in [0.25, 0.3) is 5.91 Å². The first-order valence-corrected chi connectivity index (χ1v) is 8.27. The largest absolute Gasteiger partial charge is 0.469 e. The summed E-state index contributed by atoms with van der Waals surface area (Å²) in [7, 11) is 1.38. The van der Waals surface area contributed by atoms with Gasteiger partial charge in [0.05, 0.1) is 13.5 Å². The third-order valence-electron chi connectivity index (χ3n) is 4.57. The number of carbonyl (C=O) groups is 2. The van der Waals surface area contributed by atoms with Crippen LogP contribution in [-0.2, 0) is 9.53 Å². The molecule has 7 heteroatoms. The molecular formula is C18H21FN2O4. The van der Waals surface area contributed by atoms with Gasteiger partial charge in [-0.05, 0) is 31.2 Å². The molecule has 1 aliphatic rings. The minimum Gasteiger partial charge on any atom is -0.469 e. The lowest BCUT2D eigenvalue weighted by Gasteiger charge is -2.39. The Bertz CT molecular complexity index is 788. The molecule has 1 amide bonds. The van der Waals surface area contributed by atoms with Gasteiger partial charge < -0.3 is 14.1 Å². The Labute approximate surface area is 145 Å². The summed E-state index contributed by atoms with van der Waals surface area (Å²) >= 11 is 0. The Morgan fingerprint density at radius 2 is 2.12 bits per heavy atom. The molecule has 1 unspecified atom stereocenters. The van der Waals surface area contributed by atoms with Crippen LogP contribution < -0.4 is 0 Å². The average molecular weight is 348 g/mol. The molecule has 1 fully saturated rings. The highest BCUT2D eigenvalue weighted by Crippen LogP contribution is 2.22. The van der Waals surface area contributed by atoms with Crippen molar-refractivity contribution in [2.75, 3.05) is 33.3 Å². The number of ether oxygens (including phenoxy) is 1. The molecule has 0 aliphatic carbocycles. The van der Waals surface area contributed by atoms with Gasteiger partial charge in [0, 0.05) is 37.6 Å². The third kappa shape index (κ3) is 3.82. The fourth-order valence-corrected chi connectivity index (χ4v) is 3.12. The van der Waals surface area contributed by atoms with E-state index in [1.165, 1.54) is 25.3 Å². The number of carbonyl (C=O) groups excluding carboxylic acids is 2. The van der Waals surface area contributed by atoms with E-state index in [9.17, 15) is 14.0 Å². The van der Waals surface area contributed by atoms with Crippen molar-refractivity contribution in [1.29, 1.82) is 0 Å². The smallest absolute Gasteiger partial charge is 0.306 e. The van der Waals surface area contributed by atoms with Crippen molar-refractivity contribution >= 4 is 22.8 Å². The number of furan rings is 1. The molecule has 2 heterocycles. The molecule has 0 spiro atoms. The molecule has 6 nitrogen and oxygen atoms in total. The van der Waals surface area contributed by atoms with Crippen molar-refractivity contribution in [1.82, 2.24) is 9.80 Å². The second kappa shape index (κ2) is 7.23. The molecule has 1 aliphatic heterocycles. The van der Waals surface area contributed by atoms with Gasteiger partial charge in [-0.25, -0.2) is 4.39 Å². The summed E-state index contributed by atoms with van der Waals surface area (Å²) < 4.78 is 23.5. The van der Waals surface area contributed by atoms with Crippen LogP contribution in [0.2, 0.25) is 0 Å². The molecule has 0 N–H and O–H groups in total. The average Bonchev–Trinajstić information content (AvgIpc) is 3.02. The lowest BCUT2D eigenvalue weighted by atomic mass is 10.1. The molecule has 0 radical (unpaired) electrons. The Hall–Kier alpha value is -2.41. The van der Waals surface area contributed by atoms with Crippen LogP contribution in [-0.4, -0.2) is 61.0 Å². The van der Waals surface area contributed by atoms with E-state index in [0.29, 0.717) is 43.6 Å². The van der Waals surface area contributed by atoms with Gasteiger partial charge >= 0.3 is 5.97 Å². The van der Waals surface area contributed by atoms with Crippen LogP contribution in [0, 0.1) is 5.82 Å². The second-order valence-electron chi connectivity index (χ2n) is 6.26. The van der Waals surface area contributed by atoms with Gasteiger partial charge in [-0.15, -0.1) is 0 Å². The molecule has 1 aromatic heterocycles. The number of rotatable bonds is 4. The van der Waals surface area contributed by atoms with Crippen LogP contribution in [0.3, 0.4) is 0 Å². The topological polar surface area (TPSA) is 63.0 Å². The van der Waals surface area contributed by atoms with Crippen LogP contribution >= 0.6 is 0 Å². The van der Waals surface area contributed by atoms with Gasteiger partial charge in [0.1, 0.15) is 11.4 Å². The van der Waals surface area contributed by atoms with E-state index in [0.717, 1.165) is 0 Å². The molecule has 25 heavy (non-hydrogen) atoms. The van der Waals surface area contributed by atoms with E-state index in [2.05, 4.69) is 9.64 Å². The number of hydrogen-bond donors (Lipinski definition) is 0. The molecule has 0 saturated carbocycles. The lowest BCUT2D eigenvalue weighted by Crippen LogP contribution is -2.53. The van der Waals surface area contributed by atoms with Crippen molar-refractivity contribution in [2.45, 2.75) is 19.4 Å². The highest BCUT2D eigenvalue weighted by atomic mass is 19.1. The first-order valence-electron chi connectivity index (χ1n) is 8.27. The van der Waals surface area contributed by atoms with Crippen molar-refractivity contribution in [3.05, 3.63) is 35.8 Å². The summed E-state index contributed by atoms with van der Waals surface area (Å²) in [5.41, 5.74) is 0.495. The predicted molar refractivity (Wildman–Crippen MR) is 89.7 cm³/mol. The maximum Gasteiger partial charge on any atom is 0.306 e. The van der Waals surface area contributed by atoms with Crippen LogP contribution in [0.1, 0.15) is 23.9 Å². The van der Waals surface area contributed by atoms with Crippen LogP contribution in [0.4, 0.5) is 4.39 Å². The van der Waals surface area contributed by atoms with E-state index >= 15 is 0 Å². The summed E-state index contributed by atoms with van der Waals surface area (Å²) in [6, 6.07) is 5.89. The van der Waals surface area contributed by atoms with Crippen LogP contribution in [0.5, 0.6) is 0 Å². The Kier molecular flexibility index (Phi) is 5.03. The first kappa shape index (κ1) is 17.4. The number of fused-ring (bicyclic) bond motifs is 1. The number of hydrogen-bond acceptors (Lipinski definition) is 5. The van der Waals surface area contributed by atoms with Gasteiger partial charge in [0.2, 0.25) is 0 Å². The van der Waals surface area contributed by atoms with E-state index in [1.807, 2.05) is 6.92 Å². The number of esters is 1. The van der Waals surface area contributed by atoms with Crippen LogP contribution in [0.15, 0.2) is 28.7 Å². The number of methoxy groups -OCH3 is 1. The molecule has 134 valence electrons. The normalized spacial score (nSPS) is 18.5. The zero-order valence-electron chi connectivity index (χ0n) is 14.3. The number of amides is 1. The summed E-state index contributed by atoms with van der Waals surface area (Å²) in [4.78, 5) is 27.8. The SMILES string of the molecule is COC(=O)CCN1CCN(C(=O)c2cc3cc(F)ccc3o2)CC1C. The first-order chi connectivity index (χ1) is 12.0. The van der Waals surface area contributed by atoms with Gasteiger partial charge in [0.15, 0.2) is 5.76 Å². The number of halogens is 1. The quantitative estimate of drug-likeness (QED) is 0.793. The molecule has 1 saturated heterocycles. The Morgan fingerprint density at radius 3 is 2.84 bits per heavy atom. The second-order valence-corrected chi connectivity index (χ2v) is 6.26. The van der Waals surface area contributed by atoms with E-state index in [1.54, 1.807) is 11.0 Å². The minimum absolute atomic E-state index is 0.129. The summed E-state index contributed by atoms with van der Waals surface area (Å²) in [5, 5.41) is 0.577. The van der Waals surface area contributed by atoms with Gasteiger partial charge in [-0.3, -0.25) is 14.5 Å². The number of benzene rings is 1. The van der Waals surface area contributed by atoms with Gasteiger partial charge in [-0.2, -0.15) is 0 Å². The van der Waals surface area contributed by atoms with Crippen LogP contribution in [0.25, 0.3) is 11.0 Å². The number of nitrogens with zero attached hydrogens (tertiary/aromatic N) is 2. The van der Waals surface area contributed by atoms with Crippen molar-refractivity contribution in [3.63, 3.8) is 0 Å². The molecule has 1 atom stereocenters. The molecule has 0 bridgehead atoms. The van der Waals surface area contributed by atoms with Crippen molar-refractivity contribution in [3.8, 4) is 0 Å². The third-order valence-corrected chi connectivity index (χ3v) is 4.57. The summed E-state index contributed by atoms with van der Waals surface area (Å²) in [5.74, 6) is -0.577. The minimum atomic E-state index is -0.361. The lowest BCUT2D eigenvalue weighted by molar-refractivity contribution is -0.141. The maximum absolute atomic E-state index is 13.3. The summed E-state index contributed by atoms with van der Waals surface area (Å²) in [6.07, 6.45) is 0.337. The molecular weight excluding hydrogens is 327 g/mol.